The van der Waals surface area contributed by atoms with Crippen LogP contribution < -0.4 is 0 Å². The van der Waals surface area contributed by atoms with Gasteiger partial charge in [-0.25, -0.2) is 0 Å². The Bertz CT molecular complexity index is 407. The lowest BCUT2D eigenvalue weighted by molar-refractivity contribution is 0.0174. The molecule has 0 fully saturated rings. The first-order valence-corrected chi connectivity index (χ1v) is 6.50. The van der Waals surface area contributed by atoms with Crippen LogP contribution in [0.3, 0.4) is 0 Å². The Labute approximate surface area is 117 Å². The first kappa shape index (κ1) is 15.4. The molecule has 100 valence electrons. The zero-order valence-electron chi connectivity index (χ0n) is 10.4. The minimum Gasteiger partial charge on any atom is -0.379 e. The molecule has 1 unspecified atom stereocenters. The highest BCUT2D eigenvalue weighted by molar-refractivity contribution is 6.37. The predicted octanol–water partition coefficient (Wildman–Crippen LogP) is 3.62. The Balaban J connectivity index is 2.57. The molecule has 1 aromatic rings. The molecule has 0 aliphatic rings. The van der Waals surface area contributed by atoms with Crippen molar-refractivity contribution in [1.82, 2.24) is 0 Å². The molecule has 3 nitrogen and oxygen atoms in total. The fourth-order valence-electron chi connectivity index (χ4n) is 1.41. The third-order valence-electron chi connectivity index (χ3n) is 2.37. The monoisotopic (exact) mass is 290 g/mol. The molecular weight excluding hydrogens is 275 g/mol. The molecule has 0 saturated heterocycles. The van der Waals surface area contributed by atoms with Gasteiger partial charge in [0.05, 0.1) is 18.2 Å². The molecule has 0 heterocycles. The van der Waals surface area contributed by atoms with Gasteiger partial charge in [-0.3, -0.25) is 4.79 Å². The Kier molecular flexibility index (Phi) is 6.65. The lowest BCUT2D eigenvalue weighted by atomic mass is 10.1. The highest BCUT2D eigenvalue weighted by Gasteiger charge is 2.18. The van der Waals surface area contributed by atoms with Crippen molar-refractivity contribution in [3.8, 4) is 0 Å². The van der Waals surface area contributed by atoms with Gasteiger partial charge in [0, 0.05) is 17.2 Å². The third kappa shape index (κ3) is 4.58. The van der Waals surface area contributed by atoms with E-state index in [0.717, 1.165) is 0 Å². The van der Waals surface area contributed by atoms with Crippen molar-refractivity contribution in [2.45, 2.75) is 20.0 Å². The molecule has 0 aliphatic heterocycles. The van der Waals surface area contributed by atoms with Crippen molar-refractivity contribution >= 4 is 29.0 Å². The van der Waals surface area contributed by atoms with Gasteiger partial charge in [-0.05, 0) is 32.0 Å². The SMILES string of the molecule is CCOCCOC(C)C(=O)c1ccc(Cl)cc1Cl. The Morgan fingerprint density at radius 2 is 2.06 bits per heavy atom. The highest BCUT2D eigenvalue weighted by Crippen LogP contribution is 2.22. The Morgan fingerprint density at radius 1 is 1.33 bits per heavy atom. The number of ketones is 1. The number of halogens is 2. The molecule has 18 heavy (non-hydrogen) atoms. The Hall–Kier alpha value is -0.610. The van der Waals surface area contributed by atoms with Crippen molar-refractivity contribution in [2.75, 3.05) is 19.8 Å². The molecular formula is C13H16Cl2O3. The molecule has 0 aliphatic carbocycles. The maximum Gasteiger partial charge on any atom is 0.192 e. The van der Waals surface area contributed by atoms with Gasteiger partial charge in [0.15, 0.2) is 5.78 Å². The predicted molar refractivity (Wildman–Crippen MR) is 72.7 cm³/mol. The smallest absolute Gasteiger partial charge is 0.192 e. The minimum atomic E-state index is -0.552. The van der Waals surface area contributed by atoms with Crippen LogP contribution in [0.25, 0.3) is 0 Å². The summed E-state index contributed by atoms with van der Waals surface area (Å²) in [6.07, 6.45) is -0.552. The van der Waals surface area contributed by atoms with E-state index in [2.05, 4.69) is 0 Å². The average Bonchev–Trinajstić information content (AvgIpc) is 2.33. The van der Waals surface area contributed by atoms with Crippen molar-refractivity contribution in [1.29, 1.82) is 0 Å². The average molecular weight is 291 g/mol. The maximum absolute atomic E-state index is 12.0. The summed E-state index contributed by atoms with van der Waals surface area (Å²) < 4.78 is 10.5. The van der Waals surface area contributed by atoms with E-state index in [1.807, 2.05) is 6.92 Å². The van der Waals surface area contributed by atoms with Crippen LogP contribution in [0, 0.1) is 0 Å². The molecule has 0 aromatic heterocycles. The zero-order valence-corrected chi connectivity index (χ0v) is 11.9. The van der Waals surface area contributed by atoms with Crippen LogP contribution >= 0.6 is 23.2 Å². The number of ether oxygens (including phenoxy) is 2. The van der Waals surface area contributed by atoms with Gasteiger partial charge in [0.25, 0.3) is 0 Å². The molecule has 0 spiro atoms. The second-order valence-electron chi connectivity index (χ2n) is 3.70. The molecule has 5 heteroatoms. The first-order valence-electron chi connectivity index (χ1n) is 5.74. The van der Waals surface area contributed by atoms with Crippen molar-refractivity contribution in [2.24, 2.45) is 0 Å². The number of benzene rings is 1. The van der Waals surface area contributed by atoms with E-state index in [9.17, 15) is 4.79 Å². The first-order chi connectivity index (χ1) is 8.56. The number of hydrogen-bond acceptors (Lipinski definition) is 3. The number of carbonyl (C=O) groups is 1. The van der Waals surface area contributed by atoms with Crippen molar-refractivity contribution < 1.29 is 14.3 Å². The van der Waals surface area contributed by atoms with E-state index in [1.54, 1.807) is 25.1 Å². The molecule has 1 atom stereocenters. The fraction of sp³-hybridized carbons (Fsp3) is 0.462. The number of Topliss-reactive ketones (excluding diaryl/α,β-unsaturated/α-hetero) is 1. The molecule has 1 aromatic carbocycles. The quantitative estimate of drug-likeness (QED) is 0.568. The minimum absolute atomic E-state index is 0.159. The van der Waals surface area contributed by atoms with E-state index in [-0.39, 0.29) is 5.78 Å². The second kappa shape index (κ2) is 7.74. The van der Waals surface area contributed by atoms with Crippen LogP contribution in [0.15, 0.2) is 18.2 Å². The van der Waals surface area contributed by atoms with Crippen LogP contribution in [0.2, 0.25) is 10.0 Å². The Morgan fingerprint density at radius 3 is 2.67 bits per heavy atom. The summed E-state index contributed by atoms with van der Waals surface area (Å²) >= 11 is 11.7. The van der Waals surface area contributed by atoms with Gasteiger partial charge in [-0.15, -0.1) is 0 Å². The number of rotatable bonds is 7. The molecule has 0 N–H and O–H groups in total. The molecule has 1 rings (SSSR count). The zero-order chi connectivity index (χ0) is 13.5. The lowest BCUT2D eigenvalue weighted by Gasteiger charge is -2.13. The highest BCUT2D eigenvalue weighted by atomic mass is 35.5. The lowest BCUT2D eigenvalue weighted by Crippen LogP contribution is -2.23. The third-order valence-corrected chi connectivity index (χ3v) is 2.91. The topological polar surface area (TPSA) is 35.5 Å². The van der Waals surface area contributed by atoms with Crippen molar-refractivity contribution in [3.63, 3.8) is 0 Å². The molecule has 0 amide bonds. The van der Waals surface area contributed by atoms with E-state index in [0.29, 0.717) is 35.4 Å². The molecule has 0 saturated carbocycles. The van der Waals surface area contributed by atoms with Gasteiger partial charge >= 0.3 is 0 Å². The van der Waals surface area contributed by atoms with Crippen LogP contribution in [-0.4, -0.2) is 31.7 Å². The van der Waals surface area contributed by atoms with Gasteiger partial charge < -0.3 is 9.47 Å². The van der Waals surface area contributed by atoms with Crippen LogP contribution in [0.5, 0.6) is 0 Å². The van der Waals surface area contributed by atoms with Crippen molar-refractivity contribution in [3.05, 3.63) is 33.8 Å². The van der Waals surface area contributed by atoms with Gasteiger partial charge in [0.1, 0.15) is 6.10 Å². The van der Waals surface area contributed by atoms with E-state index in [1.165, 1.54) is 0 Å². The summed E-state index contributed by atoms with van der Waals surface area (Å²) in [4.78, 5) is 12.0. The number of carbonyl (C=O) groups excluding carboxylic acids is 1. The standard InChI is InChI=1S/C13H16Cl2O3/c1-3-17-6-7-18-9(2)13(16)11-5-4-10(14)8-12(11)15/h4-5,8-9H,3,6-7H2,1-2H3. The number of hydrogen-bond donors (Lipinski definition) is 0. The van der Waals surface area contributed by atoms with Gasteiger partial charge in [-0.1, -0.05) is 23.2 Å². The summed E-state index contributed by atoms with van der Waals surface area (Å²) in [7, 11) is 0. The van der Waals surface area contributed by atoms with Gasteiger partial charge in [-0.2, -0.15) is 0 Å². The fourth-order valence-corrected chi connectivity index (χ4v) is 1.91. The van der Waals surface area contributed by atoms with E-state index >= 15 is 0 Å². The summed E-state index contributed by atoms with van der Waals surface area (Å²) in [5.74, 6) is -0.159. The maximum atomic E-state index is 12.0. The van der Waals surface area contributed by atoms with Crippen LogP contribution in [-0.2, 0) is 9.47 Å². The van der Waals surface area contributed by atoms with Crippen LogP contribution in [0.4, 0.5) is 0 Å². The van der Waals surface area contributed by atoms with Crippen LogP contribution in [0.1, 0.15) is 24.2 Å². The van der Waals surface area contributed by atoms with E-state index in [4.69, 9.17) is 32.7 Å². The summed E-state index contributed by atoms with van der Waals surface area (Å²) in [5, 5.41) is 0.842. The molecule has 0 radical (unpaired) electrons. The normalized spacial score (nSPS) is 12.4. The summed E-state index contributed by atoms with van der Waals surface area (Å²) in [6, 6.07) is 4.78. The summed E-state index contributed by atoms with van der Waals surface area (Å²) in [5.41, 5.74) is 0.421. The van der Waals surface area contributed by atoms with Gasteiger partial charge in [0.2, 0.25) is 0 Å². The van der Waals surface area contributed by atoms with E-state index < -0.39 is 6.10 Å². The second-order valence-corrected chi connectivity index (χ2v) is 4.54. The molecule has 0 bridgehead atoms. The summed E-state index contributed by atoms with van der Waals surface area (Å²) in [6.45, 7) is 5.09. The largest absolute Gasteiger partial charge is 0.379 e.